The van der Waals surface area contributed by atoms with Crippen LogP contribution in [-0.2, 0) is 0 Å². The first-order valence-corrected chi connectivity index (χ1v) is 4.33. The van der Waals surface area contributed by atoms with Gasteiger partial charge >= 0.3 is 0 Å². The summed E-state index contributed by atoms with van der Waals surface area (Å²) in [6.07, 6.45) is 0.336. The third-order valence-corrected chi connectivity index (χ3v) is 1.88. The summed E-state index contributed by atoms with van der Waals surface area (Å²) in [7, 11) is 4.04. The summed E-state index contributed by atoms with van der Waals surface area (Å²) in [5.41, 5.74) is 5.38. The van der Waals surface area contributed by atoms with Gasteiger partial charge in [0.1, 0.15) is 12.6 Å². The van der Waals surface area contributed by atoms with Crippen LogP contribution in [0, 0.1) is 0 Å². The van der Waals surface area contributed by atoms with Crippen LogP contribution in [0.25, 0.3) is 0 Å². The van der Waals surface area contributed by atoms with Gasteiger partial charge in [-0.2, -0.15) is 0 Å². The number of likely N-dealkylation sites (N-methyl/N-ethyl adjacent to an activating group) is 1. The molecule has 1 unspecified atom stereocenters. The van der Waals surface area contributed by atoms with Crippen LogP contribution in [-0.4, -0.2) is 61.1 Å². The molecule has 0 saturated carbocycles. The Labute approximate surface area is 86.3 Å². The zero-order valence-corrected chi connectivity index (χ0v) is 9.17. The Morgan fingerprint density at radius 1 is 1.38 bits per heavy atom. The van der Waals surface area contributed by atoms with E-state index in [1.165, 1.54) is 0 Å². The van der Waals surface area contributed by atoms with Crippen LogP contribution in [0.2, 0.25) is 0 Å². The second kappa shape index (κ2) is 7.53. The Morgan fingerprint density at radius 3 is 2.31 bits per heavy atom. The fraction of sp³-hybridized carbons (Fsp3) is 1.00. The molecule has 0 saturated heterocycles. The summed E-state index contributed by atoms with van der Waals surface area (Å²) in [4.78, 5) is 0. The summed E-state index contributed by atoms with van der Waals surface area (Å²) in [6, 6.07) is 0. The number of hydrogen-bond donors (Lipinski definition) is 3. The Hall–Kier alpha value is 0.130. The number of hydrogen-bond acceptors (Lipinski definition) is 3. The topological polar surface area (TPSA) is 66.5 Å². The molecular weight excluding hydrogens is 192 g/mol. The molecule has 0 bridgehead atoms. The van der Waals surface area contributed by atoms with Crippen molar-refractivity contribution in [2.45, 2.75) is 12.5 Å². The smallest absolute Gasteiger partial charge is 0.126 e. The van der Waals surface area contributed by atoms with Gasteiger partial charge in [-0.05, 0) is 6.54 Å². The maximum Gasteiger partial charge on any atom is 0.126 e. The van der Waals surface area contributed by atoms with E-state index < -0.39 is 6.10 Å². The van der Waals surface area contributed by atoms with E-state index in [0.717, 1.165) is 13.0 Å². The van der Waals surface area contributed by atoms with Crippen molar-refractivity contribution in [3.63, 3.8) is 0 Å². The molecular formula is C8H21ClN2O2. The minimum absolute atomic E-state index is 0. The van der Waals surface area contributed by atoms with E-state index >= 15 is 0 Å². The Kier molecular flexibility index (Phi) is 9.03. The highest BCUT2D eigenvalue weighted by molar-refractivity contribution is 4.50. The molecule has 0 aromatic rings. The lowest BCUT2D eigenvalue weighted by atomic mass is 10.3. The first-order valence-electron chi connectivity index (χ1n) is 4.33. The Morgan fingerprint density at radius 2 is 1.92 bits per heavy atom. The summed E-state index contributed by atoms with van der Waals surface area (Å²) in [5.74, 6) is 0. The van der Waals surface area contributed by atoms with E-state index in [0.29, 0.717) is 17.6 Å². The molecule has 82 valence electrons. The van der Waals surface area contributed by atoms with Crippen molar-refractivity contribution >= 4 is 0 Å². The summed E-state index contributed by atoms with van der Waals surface area (Å²) in [5, 5.41) is 17.8. The van der Waals surface area contributed by atoms with Gasteiger partial charge in [-0.1, -0.05) is 0 Å². The predicted octanol–water partition coefficient (Wildman–Crippen LogP) is -4.23. The molecule has 4 N–H and O–H groups in total. The van der Waals surface area contributed by atoms with E-state index in [4.69, 9.17) is 10.8 Å². The number of nitrogens with two attached hydrogens (primary N) is 1. The van der Waals surface area contributed by atoms with Crippen LogP contribution in [0.1, 0.15) is 6.42 Å². The average molecular weight is 213 g/mol. The molecule has 0 radical (unpaired) electrons. The highest BCUT2D eigenvalue weighted by Gasteiger charge is 2.18. The van der Waals surface area contributed by atoms with Crippen LogP contribution in [0.3, 0.4) is 0 Å². The lowest BCUT2D eigenvalue weighted by Gasteiger charge is -2.31. The molecule has 4 nitrogen and oxygen atoms in total. The fourth-order valence-electron chi connectivity index (χ4n) is 1.24. The minimum atomic E-state index is -0.613. The molecule has 0 aromatic heterocycles. The van der Waals surface area contributed by atoms with Crippen molar-refractivity contribution in [3.8, 4) is 0 Å². The number of halogens is 1. The van der Waals surface area contributed by atoms with Crippen molar-refractivity contribution in [1.29, 1.82) is 0 Å². The molecule has 0 aliphatic carbocycles. The third kappa shape index (κ3) is 8.46. The van der Waals surface area contributed by atoms with Gasteiger partial charge < -0.3 is 32.8 Å². The van der Waals surface area contributed by atoms with E-state index in [2.05, 4.69) is 0 Å². The zero-order valence-electron chi connectivity index (χ0n) is 8.41. The quantitative estimate of drug-likeness (QED) is 0.391. The normalized spacial score (nSPS) is 13.6. The van der Waals surface area contributed by atoms with Gasteiger partial charge in [-0.25, -0.2) is 0 Å². The van der Waals surface area contributed by atoms with Crippen molar-refractivity contribution in [3.05, 3.63) is 0 Å². The second-order valence-corrected chi connectivity index (χ2v) is 3.82. The van der Waals surface area contributed by atoms with Gasteiger partial charge in [0.25, 0.3) is 0 Å². The lowest BCUT2D eigenvalue weighted by molar-refractivity contribution is -0.893. The lowest BCUT2D eigenvalue weighted by Crippen LogP contribution is -3.00. The molecule has 0 aliphatic rings. The van der Waals surface area contributed by atoms with Gasteiger partial charge in [0.15, 0.2) is 0 Å². The van der Waals surface area contributed by atoms with E-state index in [-0.39, 0.29) is 19.0 Å². The van der Waals surface area contributed by atoms with Crippen molar-refractivity contribution < 1.29 is 27.1 Å². The molecule has 0 spiro atoms. The van der Waals surface area contributed by atoms with Crippen LogP contribution in [0.15, 0.2) is 0 Å². The molecule has 0 aliphatic heterocycles. The van der Waals surface area contributed by atoms with E-state index in [1.54, 1.807) is 0 Å². The molecule has 5 heteroatoms. The van der Waals surface area contributed by atoms with E-state index in [9.17, 15) is 5.11 Å². The molecule has 0 amide bonds. The predicted molar refractivity (Wildman–Crippen MR) is 48.6 cm³/mol. The minimum Gasteiger partial charge on any atom is -1.00 e. The summed E-state index contributed by atoms with van der Waals surface area (Å²) >= 11 is 0. The van der Waals surface area contributed by atoms with Crippen LogP contribution in [0.4, 0.5) is 0 Å². The highest BCUT2D eigenvalue weighted by Crippen LogP contribution is 2.00. The first kappa shape index (κ1) is 15.6. The number of aliphatic hydroxyl groups excluding tert-OH is 2. The summed E-state index contributed by atoms with van der Waals surface area (Å²) in [6.45, 7) is 2.03. The molecule has 0 heterocycles. The van der Waals surface area contributed by atoms with Crippen molar-refractivity contribution in [2.24, 2.45) is 5.73 Å². The number of aliphatic hydroxyl groups is 2. The van der Waals surface area contributed by atoms with Crippen LogP contribution < -0.4 is 18.1 Å². The van der Waals surface area contributed by atoms with E-state index in [1.807, 2.05) is 14.1 Å². The molecule has 0 fully saturated rings. The molecule has 1 atom stereocenters. The summed E-state index contributed by atoms with van der Waals surface area (Å²) < 4.78 is 0.707. The number of nitrogens with zero attached hydrogens (tertiary/aromatic N) is 1. The number of quaternary nitrogens is 1. The zero-order chi connectivity index (χ0) is 9.61. The maximum absolute atomic E-state index is 9.20. The first-order chi connectivity index (χ1) is 5.52. The molecule has 13 heavy (non-hydrogen) atoms. The Bertz CT molecular complexity index is 123. The average Bonchev–Trinajstić information content (AvgIpc) is 2.00. The SMILES string of the molecule is C[N+](C)(CCCN)CC(O)CO.[Cl-]. The molecule has 0 aromatic carbocycles. The fourth-order valence-corrected chi connectivity index (χ4v) is 1.24. The van der Waals surface area contributed by atoms with Gasteiger partial charge in [-0.15, -0.1) is 0 Å². The maximum atomic E-state index is 9.20. The van der Waals surface area contributed by atoms with Crippen LogP contribution in [0.5, 0.6) is 0 Å². The van der Waals surface area contributed by atoms with Crippen molar-refractivity contribution in [2.75, 3.05) is 40.3 Å². The largest absolute Gasteiger partial charge is 1.00 e. The Balaban J connectivity index is 0. The van der Waals surface area contributed by atoms with Gasteiger partial charge in [-0.3, -0.25) is 0 Å². The standard InChI is InChI=1S/C8H21N2O2.ClH/c1-10(2,5-3-4-9)6-8(12)7-11;/h8,11-12H,3-7,9H2,1-2H3;1H/q+1;/p-1. The van der Waals surface area contributed by atoms with Gasteiger partial charge in [0.2, 0.25) is 0 Å². The number of rotatable bonds is 6. The van der Waals surface area contributed by atoms with Gasteiger partial charge in [0.05, 0.1) is 27.2 Å². The monoisotopic (exact) mass is 212 g/mol. The molecule has 0 rings (SSSR count). The highest BCUT2D eigenvalue weighted by atomic mass is 35.5. The van der Waals surface area contributed by atoms with Gasteiger partial charge in [0, 0.05) is 6.42 Å². The van der Waals surface area contributed by atoms with Crippen LogP contribution >= 0.6 is 0 Å². The third-order valence-electron chi connectivity index (χ3n) is 1.88. The van der Waals surface area contributed by atoms with Crippen molar-refractivity contribution in [1.82, 2.24) is 0 Å². The second-order valence-electron chi connectivity index (χ2n) is 3.82.